The van der Waals surface area contributed by atoms with Gasteiger partial charge in [-0.15, -0.1) is 0 Å². The van der Waals surface area contributed by atoms with E-state index in [9.17, 15) is 9.59 Å². The van der Waals surface area contributed by atoms with Crippen LogP contribution in [-0.2, 0) is 11.3 Å². The number of likely N-dealkylation sites (tertiary alicyclic amines) is 1. The lowest BCUT2D eigenvalue weighted by Gasteiger charge is -2.38. The number of carbonyl (C=O) groups is 2. The largest absolute Gasteiger partial charge is 0.497 e. The van der Waals surface area contributed by atoms with Crippen LogP contribution >= 0.6 is 0 Å². The Morgan fingerprint density at radius 1 is 1.03 bits per heavy atom. The second kappa shape index (κ2) is 13.3. The van der Waals surface area contributed by atoms with Crippen LogP contribution in [0.2, 0.25) is 0 Å². The number of nitrogens with zero attached hydrogens (tertiary/aromatic N) is 3. The quantitative estimate of drug-likeness (QED) is 0.427. The van der Waals surface area contributed by atoms with Gasteiger partial charge in [-0.05, 0) is 99.8 Å². The summed E-state index contributed by atoms with van der Waals surface area (Å²) in [4.78, 5) is 33.4. The number of rotatable bonds is 10. The molecular formula is C32H46N4O3. The van der Waals surface area contributed by atoms with Gasteiger partial charge >= 0.3 is 0 Å². The van der Waals surface area contributed by atoms with E-state index in [-0.39, 0.29) is 17.7 Å². The first-order valence-electron chi connectivity index (χ1n) is 14.5. The Labute approximate surface area is 234 Å². The zero-order chi connectivity index (χ0) is 27.9. The van der Waals surface area contributed by atoms with Gasteiger partial charge in [0.15, 0.2) is 0 Å². The molecule has 1 saturated carbocycles. The van der Waals surface area contributed by atoms with Crippen molar-refractivity contribution in [3.05, 3.63) is 53.6 Å². The van der Waals surface area contributed by atoms with Gasteiger partial charge in [0.05, 0.1) is 7.11 Å². The van der Waals surface area contributed by atoms with Crippen LogP contribution in [0.25, 0.3) is 0 Å². The van der Waals surface area contributed by atoms with Crippen LogP contribution in [0.4, 0.5) is 11.4 Å². The molecule has 7 heteroatoms. The highest BCUT2D eigenvalue weighted by molar-refractivity contribution is 5.95. The third-order valence-corrected chi connectivity index (χ3v) is 8.26. The molecule has 1 heterocycles. The summed E-state index contributed by atoms with van der Waals surface area (Å²) in [5, 5.41) is 3.18. The van der Waals surface area contributed by atoms with Gasteiger partial charge in [0.2, 0.25) is 5.91 Å². The van der Waals surface area contributed by atoms with E-state index >= 15 is 0 Å². The first-order valence-corrected chi connectivity index (χ1v) is 14.5. The van der Waals surface area contributed by atoms with Crippen LogP contribution < -0.4 is 15.0 Å². The number of amides is 2. The van der Waals surface area contributed by atoms with E-state index in [0.29, 0.717) is 30.6 Å². The fourth-order valence-electron chi connectivity index (χ4n) is 5.93. The topological polar surface area (TPSA) is 65.1 Å². The minimum absolute atomic E-state index is 0.000332. The van der Waals surface area contributed by atoms with Gasteiger partial charge in [-0.3, -0.25) is 9.59 Å². The highest BCUT2D eigenvalue weighted by Crippen LogP contribution is 2.31. The number of ether oxygens (including phenoxy) is 1. The average Bonchev–Trinajstić information content (AvgIpc) is 3.48. The number of hydrogen-bond donors (Lipinski definition) is 1. The molecule has 2 aromatic rings. The third-order valence-electron chi connectivity index (χ3n) is 8.26. The van der Waals surface area contributed by atoms with E-state index in [4.69, 9.17) is 4.74 Å². The van der Waals surface area contributed by atoms with Gasteiger partial charge in [-0.25, -0.2) is 0 Å². The summed E-state index contributed by atoms with van der Waals surface area (Å²) in [6.07, 6.45) is 6.39. The van der Waals surface area contributed by atoms with Crippen LogP contribution in [0.5, 0.6) is 5.75 Å². The van der Waals surface area contributed by atoms with Crippen molar-refractivity contribution in [3.63, 3.8) is 0 Å². The SMILES string of the molecule is COc1ccc(C(=O)N(Cc2cc(NC(=O)C3CCCC3)ccc2N(C)C2CCN(C)CC2)CC(C)C)cc1. The van der Waals surface area contributed by atoms with Crippen LogP contribution in [0, 0.1) is 11.8 Å². The molecule has 39 heavy (non-hydrogen) atoms. The molecule has 0 unspecified atom stereocenters. The smallest absolute Gasteiger partial charge is 0.254 e. The maximum Gasteiger partial charge on any atom is 0.254 e. The fourth-order valence-corrected chi connectivity index (χ4v) is 5.93. The summed E-state index contributed by atoms with van der Waals surface area (Å²) in [5.74, 6) is 1.26. The molecule has 0 spiro atoms. The van der Waals surface area contributed by atoms with Crippen molar-refractivity contribution in [2.24, 2.45) is 11.8 Å². The Kier molecular flexibility index (Phi) is 9.89. The van der Waals surface area contributed by atoms with Crippen LogP contribution in [0.3, 0.4) is 0 Å². The minimum atomic E-state index is -0.000332. The van der Waals surface area contributed by atoms with Gasteiger partial charge in [-0.2, -0.15) is 0 Å². The first-order chi connectivity index (χ1) is 18.7. The Morgan fingerprint density at radius 3 is 2.31 bits per heavy atom. The van der Waals surface area contributed by atoms with Crippen molar-refractivity contribution in [2.75, 3.05) is 51.1 Å². The van der Waals surface area contributed by atoms with Crippen molar-refractivity contribution in [1.29, 1.82) is 0 Å². The lowest BCUT2D eigenvalue weighted by molar-refractivity contribution is -0.119. The highest BCUT2D eigenvalue weighted by Gasteiger charge is 2.26. The maximum atomic E-state index is 13.7. The summed E-state index contributed by atoms with van der Waals surface area (Å²) in [6, 6.07) is 14.0. The van der Waals surface area contributed by atoms with Crippen molar-refractivity contribution in [3.8, 4) is 5.75 Å². The molecule has 2 aromatic carbocycles. The van der Waals surface area contributed by atoms with Gasteiger partial charge in [0.1, 0.15) is 5.75 Å². The monoisotopic (exact) mass is 534 g/mol. The Bertz CT molecular complexity index is 1100. The fraction of sp³-hybridized carbons (Fsp3) is 0.562. The van der Waals surface area contributed by atoms with Gasteiger partial charge in [-0.1, -0.05) is 26.7 Å². The van der Waals surface area contributed by atoms with Crippen LogP contribution in [0.15, 0.2) is 42.5 Å². The van der Waals surface area contributed by atoms with Crippen LogP contribution in [-0.4, -0.2) is 68.5 Å². The zero-order valence-corrected chi connectivity index (χ0v) is 24.4. The van der Waals surface area contributed by atoms with Gasteiger partial charge in [0, 0.05) is 49.0 Å². The number of carbonyl (C=O) groups excluding carboxylic acids is 2. The van der Waals surface area contributed by atoms with Gasteiger partial charge in [0.25, 0.3) is 5.91 Å². The molecule has 1 aliphatic carbocycles. The summed E-state index contributed by atoms with van der Waals surface area (Å²) in [5.41, 5.74) is 3.64. The number of benzene rings is 2. The Hall–Kier alpha value is -3.06. The van der Waals surface area contributed by atoms with Crippen molar-refractivity contribution < 1.29 is 14.3 Å². The summed E-state index contributed by atoms with van der Waals surface area (Å²) in [7, 11) is 5.98. The molecule has 2 amide bonds. The molecular weight excluding hydrogens is 488 g/mol. The third kappa shape index (κ3) is 7.53. The average molecular weight is 535 g/mol. The number of hydrogen-bond acceptors (Lipinski definition) is 5. The lowest BCUT2D eigenvalue weighted by Crippen LogP contribution is -2.42. The second-order valence-electron chi connectivity index (χ2n) is 11.8. The molecule has 0 atom stereocenters. The van der Waals surface area contributed by atoms with E-state index < -0.39 is 0 Å². The molecule has 0 bridgehead atoms. The van der Waals surface area contributed by atoms with E-state index in [2.05, 4.69) is 55.2 Å². The van der Waals surface area contributed by atoms with E-state index in [0.717, 1.165) is 74.3 Å². The van der Waals surface area contributed by atoms with Crippen LogP contribution in [0.1, 0.15) is 68.3 Å². The number of methoxy groups -OCH3 is 1. The normalized spacial score (nSPS) is 16.9. The molecule has 0 radical (unpaired) electrons. The number of anilines is 2. The minimum Gasteiger partial charge on any atom is -0.497 e. The van der Waals surface area contributed by atoms with E-state index in [1.165, 1.54) is 0 Å². The second-order valence-corrected chi connectivity index (χ2v) is 11.8. The number of piperidine rings is 1. The summed E-state index contributed by atoms with van der Waals surface area (Å²) >= 11 is 0. The van der Waals surface area contributed by atoms with Crippen molar-refractivity contribution >= 4 is 23.2 Å². The summed E-state index contributed by atoms with van der Waals surface area (Å²) < 4.78 is 5.29. The maximum absolute atomic E-state index is 13.7. The standard InChI is InChI=1S/C32H46N4O3/c1-23(2)21-36(32(38)25-10-13-29(39-5)14-11-25)22-26-20-27(33-31(37)24-8-6-7-9-24)12-15-30(26)35(4)28-16-18-34(3)19-17-28/h10-15,20,23-24,28H,6-9,16-19,21-22H2,1-5H3,(H,33,37). The van der Waals surface area contributed by atoms with Crippen molar-refractivity contribution in [2.45, 2.75) is 65.0 Å². The Morgan fingerprint density at radius 2 is 1.69 bits per heavy atom. The molecule has 212 valence electrons. The molecule has 1 N–H and O–H groups in total. The lowest BCUT2D eigenvalue weighted by atomic mass is 10.0. The molecule has 4 rings (SSSR count). The summed E-state index contributed by atoms with van der Waals surface area (Å²) in [6.45, 7) is 7.55. The molecule has 0 aromatic heterocycles. The number of nitrogens with one attached hydrogen (secondary N) is 1. The van der Waals surface area contributed by atoms with E-state index in [1.807, 2.05) is 35.2 Å². The molecule has 2 fully saturated rings. The molecule has 1 saturated heterocycles. The molecule has 7 nitrogen and oxygen atoms in total. The molecule has 1 aliphatic heterocycles. The predicted molar refractivity (Wildman–Crippen MR) is 159 cm³/mol. The van der Waals surface area contributed by atoms with Crippen molar-refractivity contribution in [1.82, 2.24) is 9.80 Å². The van der Waals surface area contributed by atoms with E-state index in [1.54, 1.807) is 7.11 Å². The first kappa shape index (κ1) is 28.9. The predicted octanol–water partition coefficient (Wildman–Crippen LogP) is 5.65. The van der Waals surface area contributed by atoms with Gasteiger partial charge < -0.3 is 24.8 Å². The Balaban J connectivity index is 1.63. The highest BCUT2D eigenvalue weighted by atomic mass is 16.5. The zero-order valence-electron chi connectivity index (χ0n) is 24.4. The molecule has 2 aliphatic rings.